The lowest BCUT2D eigenvalue weighted by Gasteiger charge is -2.31. The van der Waals surface area contributed by atoms with Crippen LogP contribution in [0.1, 0.15) is 87.2 Å². The predicted octanol–water partition coefficient (Wildman–Crippen LogP) is 6.55. The quantitative estimate of drug-likeness (QED) is 0.0681. The lowest BCUT2D eigenvalue weighted by Crippen LogP contribution is -2.55. The summed E-state index contributed by atoms with van der Waals surface area (Å²) in [5.74, 6) is -17.0. The Hall–Kier alpha value is -12.5. The van der Waals surface area contributed by atoms with Gasteiger partial charge in [0.1, 0.15) is 89.2 Å². The largest absolute Gasteiger partial charge is 0.508 e. The molecule has 7 amide bonds. The second-order valence-corrected chi connectivity index (χ2v) is 24.7. The minimum Gasteiger partial charge on any atom is -0.508 e. The maximum Gasteiger partial charge on any atom is 0.408 e. The number of rotatable bonds is 9. The predicted molar refractivity (Wildman–Crippen MR) is 357 cm³/mol. The zero-order valence-corrected chi connectivity index (χ0v) is 54.9. The number of fused-ring (bicyclic) bond motifs is 14. The Morgan fingerprint density at radius 2 is 1.18 bits per heavy atom. The Kier molecular flexibility index (Phi) is 20.1. The molecule has 530 valence electrons. The molecule has 6 aliphatic heterocycles. The first-order valence-electron chi connectivity index (χ1n) is 31.2. The second-order valence-electron chi connectivity index (χ2n) is 23.9. The lowest BCUT2D eigenvalue weighted by molar-refractivity contribution is -0.146. The average molecular weight is 1450 g/mol. The number of carbonyl (C=O) groups excluding carboxylic acids is 8. The number of esters is 1. The number of halogens is 2. The van der Waals surface area contributed by atoms with E-state index in [-0.39, 0.29) is 62.4 Å². The van der Waals surface area contributed by atoms with Crippen molar-refractivity contribution in [2.24, 2.45) is 0 Å². The van der Waals surface area contributed by atoms with Crippen molar-refractivity contribution in [2.75, 3.05) is 13.7 Å². The van der Waals surface area contributed by atoms with Crippen LogP contribution in [0, 0.1) is 0 Å². The van der Waals surface area contributed by atoms with Crippen molar-refractivity contribution >= 4 is 76.7 Å². The normalized spacial score (nSPS) is 20.3. The van der Waals surface area contributed by atoms with Gasteiger partial charge in [0.15, 0.2) is 35.1 Å². The number of carboxylic acid groups (broad SMARTS) is 1. The van der Waals surface area contributed by atoms with Crippen LogP contribution in [-0.2, 0) is 60.9 Å². The Morgan fingerprint density at radius 1 is 0.573 bits per heavy atom. The summed E-state index contributed by atoms with van der Waals surface area (Å²) < 4.78 is 35.8. The number of aromatic hydroxyl groups is 5. The molecule has 9 atom stereocenters. The summed E-state index contributed by atoms with van der Waals surface area (Å²) in [5, 5.41) is 107. The van der Waals surface area contributed by atoms with Gasteiger partial charge in [0, 0.05) is 48.3 Å². The molecule has 8 aromatic rings. The highest BCUT2D eigenvalue weighted by atomic mass is 35.5. The summed E-state index contributed by atoms with van der Waals surface area (Å²) >= 11 is 14.1. The summed E-state index contributed by atoms with van der Waals surface area (Å²) in [6.45, 7) is -1.03. The molecule has 32 heteroatoms. The van der Waals surface area contributed by atoms with Gasteiger partial charge in [0.2, 0.25) is 41.2 Å². The molecule has 1 unspecified atom stereocenters. The molecule has 0 saturated heterocycles. The summed E-state index contributed by atoms with van der Waals surface area (Å²) in [6, 6.07) is 15.3. The molecule has 8 aromatic carbocycles. The second kappa shape index (κ2) is 29.4. The van der Waals surface area contributed by atoms with Crippen molar-refractivity contribution in [1.29, 1.82) is 0 Å². The third kappa shape index (κ3) is 15.0. The molecule has 17 bridgehead atoms. The number of phenolic OH excluding ortho intramolecular Hbond substituents is 5. The number of hydrogen-bond acceptors (Lipinski definition) is 22. The minimum atomic E-state index is -2.32. The number of carbonyl (C=O) groups is 9. The molecule has 0 aromatic heterocycles. The number of aliphatic hydroxyl groups excluding tert-OH is 2. The summed E-state index contributed by atoms with van der Waals surface area (Å²) in [5.41, 5.74) is -1.86. The third-order valence-corrected chi connectivity index (χ3v) is 17.6. The number of ether oxygens (including phenoxy) is 6. The number of carboxylic acids is 1. The van der Waals surface area contributed by atoms with Crippen molar-refractivity contribution < 1.29 is 112 Å². The zero-order chi connectivity index (χ0) is 73.2. The maximum atomic E-state index is 16.2. The van der Waals surface area contributed by atoms with Gasteiger partial charge < -0.3 is 106 Å². The van der Waals surface area contributed by atoms with E-state index >= 15 is 24.0 Å². The van der Waals surface area contributed by atoms with Gasteiger partial charge in [-0.3, -0.25) is 28.8 Å². The monoisotopic (exact) mass is 1450 g/mol. The number of amides is 7. The smallest absolute Gasteiger partial charge is 0.408 e. The molecule has 6 aliphatic rings. The van der Waals surface area contributed by atoms with E-state index in [1.54, 1.807) is 30.3 Å². The highest BCUT2D eigenvalue weighted by Crippen LogP contribution is 2.49. The number of aliphatic carboxylic acids is 1. The fourth-order valence-corrected chi connectivity index (χ4v) is 12.4. The van der Waals surface area contributed by atoms with Crippen molar-refractivity contribution in [2.45, 2.75) is 73.9 Å². The SMILES string of the molecule is COC(=O)[C@@H]1NC(=O)[C@H]2NC(=O)[C@H](NC(=O)[C@@H]3NC(=O)[C@H]4NC(=O)[C@@H](Cc5ccc(c(Cl)c5)Oc5cc3cc(c5OC(CCO)C(=O)O)Oc3ccc(cc3Cl)[C@H]2O)NC(=O)[C@@H](NC(=O)OCc2ccccc2)c2ccc(O)c(c2)Oc2cc(O)cc4c2)c2ccc(O)c(c2)-c2c(O)cc(O)cc21. The van der Waals surface area contributed by atoms with E-state index in [0.29, 0.717) is 5.56 Å². The molecule has 0 saturated carbocycles. The average Bonchev–Trinajstić information content (AvgIpc) is 0.769. The molecule has 103 heavy (non-hydrogen) atoms. The zero-order valence-electron chi connectivity index (χ0n) is 53.3. The minimum absolute atomic E-state index is 0.0447. The molecule has 0 fully saturated rings. The summed E-state index contributed by atoms with van der Waals surface area (Å²) in [6.07, 6.45) is -6.33. The topological polar surface area (TPSA) is 455 Å². The van der Waals surface area contributed by atoms with Crippen molar-refractivity contribution in [1.82, 2.24) is 37.2 Å². The van der Waals surface area contributed by atoms with E-state index in [9.17, 15) is 60.0 Å². The number of aliphatic hydroxyl groups is 2. The number of phenols is 5. The number of benzene rings is 8. The van der Waals surface area contributed by atoms with Gasteiger partial charge in [-0.1, -0.05) is 77.8 Å². The van der Waals surface area contributed by atoms with Crippen molar-refractivity contribution in [3.8, 4) is 80.1 Å². The van der Waals surface area contributed by atoms with Gasteiger partial charge in [-0.25, -0.2) is 14.4 Å². The van der Waals surface area contributed by atoms with E-state index in [1.165, 1.54) is 36.4 Å². The Bertz CT molecular complexity index is 4790. The number of methoxy groups -OCH3 is 1. The highest BCUT2D eigenvalue weighted by molar-refractivity contribution is 6.32. The first-order chi connectivity index (χ1) is 49.3. The molecule has 0 spiro atoms. The number of alkyl carbamates (subject to hydrolysis) is 1. The molecule has 0 radical (unpaired) electrons. The van der Waals surface area contributed by atoms with Gasteiger partial charge in [0.25, 0.3) is 0 Å². The van der Waals surface area contributed by atoms with E-state index in [2.05, 4.69) is 37.2 Å². The van der Waals surface area contributed by atoms with Crippen LogP contribution in [-0.4, -0.2) is 126 Å². The molecule has 30 nitrogen and oxygen atoms in total. The van der Waals surface area contributed by atoms with Crippen LogP contribution in [0.3, 0.4) is 0 Å². The van der Waals surface area contributed by atoms with E-state index in [1.807, 2.05) is 0 Å². The maximum absolute atomic E-state index is 16.2. The number of nitrogens with one attached hydrogen (secondary N) is 7. The fourth-order valence-electron chi connectivity index (χ4n) is 11.9. The van der Waals surface area contributed by atoms with E-state index in [0.717, 1.165) is 86.0 Å². The van der Waals surface area contributed by atoms with Gasteiger partial charge in [-0.05, 0) is 118 Å². The molecule has 0 aliphatic carbocycles. The van der Waals surface area contributed by atoms with Gasteiger partial charge >= 0.3 is 18.0 Å². The van der Waals surface area contributed by atoms with Crippen LogP contribution in [0.4, 0.5) is 4.79 Å². The molecule has 15 N–H and O–H groups in total. The Balaban J connectivity index is 1.08. The molecular weight excluding hydrogens is 1390 g/mol. The van der Waals surface area contributed by atoms with Gasteiger partial charge in [0.05, 0.1) is 17.2 Å². The molecule has 14 rings (SSSR count). The molecular formula is C71H59Cl2N7O23. The van der Waals surface area contributed by atoms with Crippen molar-refractivity contribution in [3.63, 3.8) is 0 Å². The summed E-state index contributed by atoms with van der Waals surface area (Å²) in [7, 11) is 0.941. The fraction of sp³-hybridized carbons (Fsp3) is 0.197. The third-order valence-electron chi connectivity index (χ3n) is 17.0. The lowest BCUT2D eigenvalue weighted by atomic mass is 9.89. The summed E-state index contributed by atoms with van der Waals surface area (Å²) in [4.78, 5) is 134. The van der Waals surface area contributed by atoms with Crippen LogP contribution in [0.25, 0.3) is 11.1 Å². The van der Waals surface area contributed by atoms with E-state index < -0.39 is 201 Å². The Labute approximate surface area is 591 Å². The van der Waals surface area contributed by atoms with Crippen LogP contribution in [0.15, 0.2) is 146 Å². The van der Waals surface area contributed by atoms with Crippen LogP contribution < -0.4 is 56.2 Å². The molecule has 6 heterocycles. The van der Waals surface area contributed by atoms with Gasteiger partial charge in [-0.2, -0.15) is 0 Å². The van der Waals surface area contributed by atoms with Crippen LogP contribution in [0.2, 0.25) is 10.0 Å². The van der Waals surface area contributed by atoms with Crippen molar-refractivity contribution in [3.05, 3.63) is 200 Å². The first kappa shape index (κ1) is 70.4. The van der Waals surface area contributed by atoms with Crippen LogP contribution in [0.5, 0.6) is 69.0 Å². The highest BCUT2D eigenvalue weighted by Gasteiger charge is 2.42. The number of hydrogen-bond donors (Lipinski definition) is 15. The van der Waals surface area contributed by atoms with E-state index in [4.69, 9.17) is 51.6 Å². The standard InChI is InChI=1S/C71H59Cl2N7O23/c1-98-70(96)59-41-27-38(83)28-47(86)54(41)40-21-32(8-11-45(40)84)55-65(90)79-60(68(93)78-59)61(87)34-10-14-49(43(73)22-34)102-53-25-36-24-52(62(53)103-50(15-16-81)69(94)95)101-48-13-7-31(17-42(48)72)18-44-63(88)75-57(66(91)77-58(36)67(92)76-55)35-19-37(82)26-39(20-35)100-51-23-33(9-12-46(51)85)56(64(89)74-44)80-71(97)99-29-30-5-3-2-4-6-30/h2-14,17,19-28,44,50,55-61,81-87H,15-16,18,29H2,1H3,(H,74,89)(H,75,88)(H,76,92)(H,77,91)(H,78,93)(H,79,90)(H,80,97)(H,94,95)/t44-,50?,55-,56+,57+,58-,59-,60+,61-/m1/s1. The Morgan fingerprint density at radius 3 is 1.85 bits per heavy atom. The first-order valence-corrected chi connectivity index (χ1v) is 32.0. The van der Waals surface area contributed by atoms with Gasteiger partial charge in [-0.15, -0.1) is 0 Å². The van der Waals surface area contributed by atoms with Crippen LogP contribution >= 0.6 is 23.2 Å².